The number of ether oxygens (including phenoxy) is 1. The normalized spacial score (nSPS) is 28.3. The first-order chi connectivity index (χ1) is 10.5. The minimum atomic E-state index is -1.32. The largest absolute Gasteiger partial charge is 0.394 e. The summed E-state index contributed by atoms with van der Waals surface area (Å²) in [5, 5.41) is 29.3. The molecule has 1 amide bonds. The van der Waals surface area contributed by atoms with Gasteiger partial charge in [0, 0.05) is 6.20 Å². The molecule has 2 aromatic heterocycles. The van der Waals surface area contributed by atoms with Gasteiger partial charge >= 0.3 is 0 Å². The zero-order valence-electron chi connectivity index (χ0n) is 11.3. The Labute approximate surface area is 123 Å². The highest BCUT2D eigenvalue weighted by molar-refractivity contribution is 6.08. The maximum Gasteiger partial charge on any atom is 0.251 e. The van der Waals surface area contributed by atoms with Gasteiger partial charge in [0.25, 0.3) is 5.91 Å². The van der Waals surface area contributed by atoms with Crippen molar-refractivity contribution in [2.24, 2.45) is 5.73 Å². The number of nitrogens with zero attached hydrogens (tertiary/aromatic N) is 3. The molecule has 0 aliphatic carbocycles. The molecule has 118 valence electrons. The summed E-state index contributed by atoms with van der Waals surface area (Å²) in [5.74, 6) is -0.679. The fraction of sp³-hybridized carbons (Fsp3) is 0.417. The summed E-state index contributed by atoms with van der Waals surface area (Å²) < 4.78 is 6.77. The van der Waals surface area contributed by atoms with Gasteiger partial charge in [-0.1, -0.05) is 0 Å². The van der Waals surface area contributed by atoms with Crippen LogP contribution in [-0.2, 0) is 4.74 Å². The van der Waals surface area contributed by atoms with Crippen LogP contribution in [0.2, 0.25) is 0 Å². The number of rotatable bonds is 3. The van der Waals surface area contributed by atoms with Gasteiger partial charge in [-0.25, -0.2) is 9.97 Å². The fourth-order valence-corrected chi connectivity index (χ4v) is 2.60. The number of fused-ring (bicyclic) bond motifs is 1. The van der Waals surface area contributed by atoms with E-state index in [9.17, 15) is 15.0 Å². The number of carbonyl (C=O) groups excluding carboxylic acids is 1. The molecule has 4 atom stereocenters. The van der Waals surface area contributed by atoms with Gasteiger partial charge in [-0.15, -0.1) is 0 Å². The van der Waals surface area contributed by atoms with Crippen molar-refractivity contribution in [2.75, 3.05) is 12.3 Å². The Balaban J connectivity index is 2.16. The van der Waals surface area contributed by atoms with Crippen LogP contribution in [0.3, 0.4) is 0 Å². The number of nitrogen functional groups attached to an aromatic ring is 1. The van der Waals surface area contributed by atoms with Crippen molar-refractivity contribution in [3.63, 3.8) is 0 Å². The third kappa shape index (κ3) is 2.01. The van der Waals surface area contributed by atoms with Crippen LogP contribution >= 0.6 is 0 Å². The minimum Gasteiger partial charge on any atom is -0.394 e. The number of aliphatic hydroxyl groups is 3. The average Bonchev–Trinajstić information content (AvgIpc) is 3.00. The molecule has 1 saturated heterocycles. The molecule has 0 unspecified atom stereocenters. The van der Waals surface area contributed by atoms with Crippen LogP contribution < -0.4 is 11.5 Å². The van der Waals surface area contributed by atoms with Crippen molar-refractivity contribution >= 4 is 22.8 Å². The molecule has 0 aromatic carbocycles. The average molecular weight is 309 g/mol. The first-order valence-electron chi connectivity index (χ1n) is 6.49. The Bertz CT molecular complexity index is 732. The van der Waals surface area contributed by atoms with Crippen LogP contribution in [0.4, 0.5) is 5.82 Å². The molecule has 10 nitrogen and oxygen atoms in total. The van der Waals surface area contributed by atoms with E-state index in [-0.39, 0.29) is 22.4 Å². The van der Waals surface area contributed by atoms with Gasteiger partial charge in [0.1, 0.15) is 36.1 Å². The molecule has 2 aromatic rings. The second kappa shape index (κ2) is 5.18. The number of nitrogens with two attached hydrogens (primary N) is 2. The molecule has 0 bridgehead atoms. The Hall–Kier alpha value is -2.27. The number of hydrogen-bond acceptors (Lipinski definition) is 8. The van der Waals surface area contributed by atoms with Crippen LogP contribution in [0.5, 0.6) is 0 Å². The lowest BCUT2D eigenvalue weighted by Gasteiger charge is -2.17. The van der Waals surface area contributed by atoms with E-state index >= 15 is 0 Å². The molecule has 3 heterocycles. The lowest BCUT2D eigenvalue weighted by atomic mass is 10.1. The predicted octanol–water partition coefficient (Wildman–Crippen LogP) is -2.28. The number of anilines is 1. The van der Waals surface area contributed by atoms with Crippen molar-refractivity contribution in [3.05, 3.63) is 18.1 Å². The highest BCUT2D eigenvalue weighted by Gasteiger charge is 2.44. The van der Waals surface area contributed by atoms with Crippen LogP contribution in [0, 0.1) is 0 Å². The minimum absolute atomic E-state index is 0.0595. The van der Waals surface area contributed by atoms with E-state index in [1.165, 1.54) is 17.1 Å². The molecule has 22 heavy (non-hydrogen) atoms. The second-order valence-corrected chi connectivity index (χ2v) is 5.00. The Morgan fingerprint density at radius 2 is 2.09 bits per heavy atom. The van der Waals surface area contributed by atoms with Crippen molar-refractivity contribution < 1.29 is 24.9 Å². The number of primary amides is 1. The number of carbonyl (C=O) groups is 1. The van der Waals surface area contributed by atoms with E-state index in [1.54, 1.807) is 0 Å². The third-order valence-corrected chi connectivity index (χ3v) is 3.70. The van der Waals surface area contributed by atoms with E-state index in [2.05, 4.69) is 9.97 Å². The number of amides is 1. The van der Waals surface area contributed by atoms with Crippen LogP contribution in [0.1, 0.15) is 16.6 Å². The fourth-order valence-electron chi connectivity index (χ4n) is 2.60. The smallest absolute Gasteiger partial charge is 0.251 e. The molecule has 0 spiro atoms. The molecular weight excluding hydrogens is 294 g/mol. The van der Waals surface area contributed by atoms with Gasteiger partial charge in [-0.3, -0.25) is 4.79 Å². The summed E-state index contributed by atoms with van der Waals surface area (Å²) in [7, 11) is 0. The van der Waals surface area contributed by atoms with Crippen LogP contribution in [0.25, 0.3) is 11.0 Å². The van der Waals surface area contributed by atoms with Gasteiger partial charge in [0.15, 0.2) is 6.23 Å². The van der Waals surface area contributed by atoms with Gasteiger partial charge in [-0.2, -0.15) is 0 Å². The van der Waals surface area contributed by atoms with E-state index in [0.29, 0.717) is 0 Å². The van der Waals surface area contributed by atoms with Crippen molar-refractivity contribution in [3.8, 4) is 0 Å². The van der Waals surface area contributed by atoms with Crippen molar-refractivity contribution in [2.45, 2.75) is 24.5 Å². The molecule has 10 heteroatoms. The van der Waals surface area contributed by atoms with Crippen LogP contribution in [0.15, 0.2) is 12.5 Å². The Morgan fingerprint density at radius 3 is 2.68 bits per heavy atom. The lowest BCUT2D eigenvalue weighted by Crippen LogP contribution is -2.33. The standard InChI is InChI=1S/C12H15N5O5/c13-9-6-4(10(14)21)1-17(11(6)16-3-15-9)12-8(20)7(19)5(2-18)22-12/h1,3,5,7-8,12,18-20H,2H2,(H2,14,21)(H2,13,15,16)/t5-,7+,8-,12+/m0/s1. The zero-order chi connectivity index (χ0) is 16.0. The summed E-state index contributed by atoms with van der Waals surface area (Å²) >= 11 is 0. The third-order valence-electron chi connectivity index (χ3n) is 3.70. The molecule has 0 saturated carbocycles. The summed E-state index contributed by atoms with van der Waals surface area (Å²) in [6.07, 6.45) is -2.06. The summed E-state index contributed by atoms with van der Waals surface area (Å²) in [4.78, 5) is 19.4. The molecule has 1 aliphatic heterocycles. The van der Waals surface area contributed by atoms with Gasteiger partial charge in [0.05, 0.1) is 17.6 Å². The second-order valence-electron chi connectivity index (χ2n) is 5.00. The molecule has 3 rings (SSSR count). The lowest BCUT2D eigenvalue weighted by molar-refractivity contribution is -0.0508. The molecule has 0 radical (unpaired) electrons. The SMILES string of the molecule is NC(=O)c1cn([C@@H]2O[C@@H](CO)[C@@H](O)[C@@H]2O)c2ncnc(N)c12. The Morgan fingerprint density at radius 1 is 1.36 bits per heavy atom. The predicted molar refractivity (Wildman–Crippen MR) is 73.5 cm³/mol. The molecule has 1 aliphatic rings. The molecule has 1 fully saturated rings. The summed E-state index contributed by atoms with van der Waals surface area (Å²) in [6.45, 7) is -0.465. The first-order valence-corrected chi connectivity index (χ1v) is 6.49. The van der Waals surface area contributed by atoms with Crippen molar-refractivity contribution in [1.82, 2.24) is 14.5 Å². The number of hydrogen-bond donors (Lipinski definition) is 5. The maximum absolute atomic E-state index is 11.6. The van der Waals surface area contributed by atoms with Crippen LogP contribution in [-0.4, -0.2) is 60.7 Å². The molecular formula is C12H15N5O5. The summed E-state index contributed by atoms with van der Waals surface area (Å²) in [6, 6.07) is 0. The van der Waals surface area contributed by atoms with Gasteiger partial charge in [-0.05, 0) is 0 Å². The number of aliphatic hydroxyl groups excluding tert-OH is 3. The maximum atomic E-state index is 11.6. The zero-order valence-corrected chi connectivity index (χ0v) is 11.3. The van der Waals surface area contributed by atoms with E-state index in [1.807, 2.05) is 0 Å². The number of aromatic nitrogens is 3. The van der Waals surface area contributed by atoms with E-state index < -0.39 is 37.1 Å². The quantitative estimate of drug-likeness (QED) is 0.422. The van der Waals surface area contributed by atoms with Gasteiger partial charge < -0.3 is 36.1 Å². The van der Waals surface area contributed by atoms with E-state index in [0.717, 1.165) is 0 Å². The first kappa shape index (κ1) is 14.7. The highest BCUT2D eigenvalue weighted by atomic mass is 16.6. The molecule has 7 N–H and O–H groups in total. The topological polar surface area (TPSA) is 170 Å². The van der Waals surface area contributed by atoms with Crippen molar-refractivity contribution in [1.29, 1.82) is 0 Å². The monoisotopic (exact) mass is 309 g/mol. The Kier molecular flexibility index (Phi) is 3.45. The van der Waals surface area contributed by atoms with E-state index in [4.69, 9.17) is 21.3 Å². The van der Waals surface area contributed by atoms with Gasteiger partial charge in [0.2, 0.25) is 0 Å². The summed E-state index contributed by atoms with van der Waals surface area (Å²) in [5.41, 5.74) is 11.4. The highest BCUT2D eigenvalue weighted by Crippen LogP contribution is 2.34.